The first-order chi connectivity index (χ1) is 10.3. The van der Waals surface area contributed by atoms with E-state index in [9.17, 15) is 0 Å². The molecule has 0 radical (unpaired) electrons. The Morgan fingerprint density at radius 1 is 0.762 bits per heavy atom. The number of para-hydroxylation sites is 1. The van der Waals surface area contributed by atoms with Crippen molar-refractivity contribution in [2.45, 2.75) is 6.92 Å². The maximum Gasteiger partial charge on any atom is 0.0393 e. The quantitative estimate of drug-likeness (QED) is 0.453. The molecule has 2 heteroatoms. The molecule has 0 spiro atoms. The Bertz CT molecular complexity index is 966. The van der Waals surface area contributed by atoms with Gasteiger partial charge in [-0.1, -0.05) is 48.5 Å². The van der Waals surface area contributed by atoms with E-state index in [1.54, 1.807) is 0 Å². The number of nitrogen functional groups attached to an aromatic ring is 1. The zero-order valence-electron chi connectivity index (χ0n) is 11.8. The Morgan fingerprint density at radius 3 is 2.38 bits per heavy atom. The summed E-state index contributed by atoms with van der Waals surface area (Å²) in [7, 11) is 0. The Hall–Kier alpha value is -2.32. The molecule has 0 aliphatic heterocycles. The maximum atomic E-state index is 6.14. The first kappa shape index (κ1) is 12.4. The van der Waals surface area contributed by atoms with Gasteiger partial charge in [-0.2, -0.15) is 0 Å². The molecule has 0 aliphatic carbocycles. The van der Waals surface area contributed by atoms with Gasteiger partial charge in [0.15, 0.2) is 0 Å². The van der Waals surface area contributed by atoms with Gasteiger partial charge < -0.3 is 5.73 Å². The molecule has 4 aromatic rings. The van der Waals surface area contributed by atoms with Crippen LogP contribution in [0.1, 0.15) is 5.56 Å². The van der Waals surface area contributed by atoms with Crippen LogP contribution in [0.15, 0.2) is 60.7 Å². The maximum absolute atomic E-state index is 6.14. The van der Waals surface area contributed by atoms with Crippen molar-refractivity contribution in [3.63, 3.8) is 0 Å². The molecule has 102 valence electrons. The SMILES string of the molecule is Cc1c(-c2ccccc2N)ccc2c1sc1ccccc12. The minimum Gasteiger partial charge on any atom is -0.398 e. The Balaban J connectivity index is 2.07. The molecule has 0 aliphatic rings. The van der Waals surface area contributed by atoms with Crippen molar-refractivity contribution in [3.8, 4) is 11.1 Å². The number of hydrogen-bond donors (Lipinski definition) is 1. The van der Waals surface area contributed by atoms with Gasteiger partial charge >= 0.3 is 0 Å². The lowest BCUT2D eigenvalue weighted by Gasteiger charge is -2.09. The minimum atomic E-state index is 0.834. The molecule has 0 atom stereocenters. The second-order valence-electron chi connectivity index (χ2n) is 5.30. The number of rotatable bonds is 1. The third kappa shape index (κ3) is 1.83. The van der Waals surface area contributed by atoms with Crippen LogP contribution in [0.2, 0.25) is 0 Å². The van der Waals surface area contributed by atoms with Crippen LogP contribution in [0.5, 0.6) is 0 Å². The van der Waals surface area contributed by atoms with E-state index in [0.717, 1.165) is 11.3 Å². The number of fused-ring (bicyclic) bond motifs is 3. The average molecular weight is 289 g/mol. The summed E-state index contributed by atoms with van der Waals surface area (Å²) in [6, 6.07) is 21.1. The molecule has 21 heavy (non-hydrogen) atoms. The minimum absolute atomic E-state index is 0.834. The molecule has 1 nitrogen and oxygen atoms in total. The lowest BCUT2D eigenvalue weighted by molar-refractivity contribution is 1.52. The second-order valence-corrected chi connectivity index (χ2v) is 6.35. The normalized spacial score (nSPS) is 11.3. The van der Waals surface area contributed by atoms with Gasteiger partial charge in [-0.3, -0.25) is 0 Å². The van der Waals surface area contributed by atoms with Crippen molar-refractivity contribution in [1.29, 1.82) is 0 Å². The number of thiophene rings is 1. The fourth-order valence-electron chi connectivity index (χ4n) is 2.96. The van der Waals surface area contributed by atoms with Crippen LogP contribution in [-0.2, 0) is 0 Å². The lowest BCUT2D eigenvalue weighted by atomic mass is 9.97. The fourth-order valence-corrected chi connectivity index (χ4v) is 4.16. The summed E-state index contributed by atoms with van der Waals surface area (Å²) in [5.41, 5.74) is 10.6. The van der Waals surface area contributed by atoms with E-state index < -0.39 is 0 Å². The summed E-state index contributed by atoms with van der Waals surface area (Å²) in [6.45, 7) is 2.19. The molecule has 0 unspecified atom stereocenters. The predicted molar refractivity (Wildman–Crippen MR) is 93.9 cm³/mol. The third-order valence-electron chi connectivity index (χ3n) is 4.05. The number of aryl methyl sites for hydroxylation is 1. The van der Waals surface area contributed by atoms with Gasteiger partial charge in [-0.25, -0.2) is 0 Å². The third-order valence-corrected chi connectivity index (χ3v) is 5.35. The molecule has 0 amide bonds. The van der Waals surface area contributed by atoms with E-state index in [1.807, 2.05) is 29.5 Å². The molecule has 1 heterocycles. The number of anilines is 1. The van der Waals surface area contributed by atoms with Gasteiger partial charge in [0.1, 0.15) is 0 Å². The molecule has 1 aromatic heterocycles. The number of benzene rings is 3. The van der Waals surface area contributed by atoms with Crippen molar-refractivity contribution < 1.29 is 0 Å². The number of hydrogen-bond acceptors (Lipinski definition) is 2. The van der Waals surface area contributed by atoms with Crippen molar-refractivity contribution in [3.05, 3.63) is 66.2 Å². The van der Waals surface area contributed by atoms with E-state index in [2.05, 4.69) is 49.4 Å². The van der Waals surface area contributed by atoms with Crippen LogP contribution in [0.25, 0.3) is 31.3 Å². The van der Waals surface area contributed by atoms with Gasteiger partial charge in [-0.15, -0.1) is 11.3 Å². The molecular weight excluding hydrogens is 274 g/mol. The topological polar surface area (TPSA) is 26.0 Å². The molecule has 0 saturated heterocycles. The van der Waals surface area contributed by atoms with Crippen molar-refractivity contribution in [1.82, 2.24) is 0 Å². The van der Waals surface area contributed by atoms with Crippen molar-refractivity contribution >= 4 is 37.2 Å². The zero-order chi connectivity index (χ0) is 14.4. The fraction of sp³-hybridized carbons (Fsp3) is 0.0526. The molecule has 0 fully saturated rings. The highest BCUT2D eigenvalue weighted by Crippen LogP contribution is 2.40. The monoisotopic (exact) mass is 289 g/mol. The summed E-state index contributed by atoms with van der Waals surface area (Å²) >= 11 is 1.86. The van der Waals surface area contributed by atoms with E-state index in [1.165, 1.54) is 31.3 Å². The zero-order valence-corrected chi connectivity index (χ0v) is 12.6. The first-order valence-electron chi connectivity index (χ1n) is 7.01. The molecule has 4 rings (SSSR count). The van der Waals surface area contributed by atoms with Crippen LogP contribution in [-0.4, -0.2) is 0 Å². The van der Waals surface area contributed by atoms with Crippen LogP contribution >= 0.6 is 11.3 Å². The summed E-state index contributed by atoms with van der Waals surface area (Å²) in [5, 5.41) is 2.68. The summed E-state index contributed by atoms with van der Waals surface area (Å²) in [5.74, 6) is 0. The molecule has 3 aromatic carbocycles. The van der Waals surface area contributed by atoms with Crippen LogP contribution < -0.4 is 5.73 Å². The summed E-state index contributed by atoms with van der Waals surface area (Å²) in [4.78, 5) is 0. The number of nitrogens with two attached hydrogens (primary N) is 1. The molecule has 0 saturated carbocycles. The van der Waals surface area contributed by atoms with Crippen molar-refractivity contribution in [2.75, 3.05) is 5.73 Å². The standard InChI is InChI=1S/C19H15NS/c1-12-13(14-6-2-4-8-17(14)20)10-11-16-15-7-3-5-9-18(15)21-19(12)16/h2-11H,20H2,1H3. The summed E-state index contributed by atoms with van der Waals surface area (Å²) < 4.78 is 2.70. The van der Waals surface area contributed by atoms with Gasteiger partial charge in [-0.05, 0) is 30.2 Å². The molecule has 0 bridgehead atoms. The largest absolute Gasteiger partial charge is 0.398 e. The lowest BCUT2D eigenvalue weighted by Crippen LogP contribution is -1.91. The highest BCUT2D eigenvalue weighted by molar-refractivity contribution is 7.26. The first-order valence-corrected chi connectivity index (χ1v) is 7.83. The van der Waals surface area contributed by atoms with Gasteiger partial charge in [0.05, 0.1) is 0 Å². The van der Waals surface area contributed by atoms with E-state index in [0.29, 0.717) is 0 Å². The molecular formula is C19H15NS. The van der Waals surface area contributed by atoms with E-state index in [4.69, 9.17) is 5.73 Å². The van der Waals surface area contributed by atoms with Crippen LogP contribution in [0.4, 0.5) is 5.69 Å². The smallest absolute Gasteiger partial charge is 0.0393 e. The highest BCUT2D eigenvalue weighted by atomic mass is 32.1. The second kappa shape index (κ2) is 4.61. The van der Waals surface area contributed by atoms with Crippen LogP contribution in [0, 0.1) is 6.92 Å². The molecule has 2 N–H and O–H groups in total. The highest BCUT2D eigenvalue weighted by Gasteiger charge is 2.12. The van der Waals surface area contributed by atoms with E-state index >= 15 is 0 Å². The Morgan fingerprint density at radius 2 is 1.52 bits per heavy atom. The predicted octanol–water partition coefficient (Wildman–Crippen LogP) is 5.61. The van der Waals surface area contributed by atoms with Gasteiger partial charge in [0, 0.05) is 31.4 Å². The van der Waals surface area contributed by atoms with E-state index in [-0.39, 0.29) is 0 Å². The Labute approximate surface area is 127 Å². The van der Waals surface area contributed by atoms with Crippen LogP contribution in [0.3, 0.4) is 0 Å². The van der Waals surface area contributed by atoms with Crippen molar-refractivity contribution in [2.24, 2.45) is 0 Å². The summed E-state index contributed by atoms with van der Waals surface area (Å²) in [6.07, 6.45) is 0. The average Bonchev–Trinajstić information content (AvgIpc) is 2.89. The van der Waals surface area contributed by atoms with Gasteiger partial charge in [0.2, 0.25) is 0 Å². The van der Waals surface area contributed by atoms with Gasteiger partial charge in [0.25, 0.3) is 0 Å². The Kier molecular flexibility index (Phi) is 2.72.